The highest BCUT2D eigenvalue weighted by molar-refractivity contribution is 5.92. The van der Waals surface area contributed by atoms with E-state index in [1.807, 2.05) is 7.05 Å². The van der Waals surface area contributed by atoms with Crippen molar-refractivity contribution in [2.24, 2.45) is 0 Å². The fraction of sp³-hybridized carbons (Fsp3) is 0.500. The van der Waals surface area contributed by atoms with Crippen LogP contribution in [0, 0.1) is 0 Å². The van der Waals surface area contributed by atoms with Crippen molar-refractivity contribution in [3.8, 4) is 5.75 Å². The second-order valence-electron chi connectivity index (χ2n) is 4.15. The highest BCUT2D eigenvalue weighted by Crippen LogP contribution is 2.29. The van der Waals surface area contributed by atoms with Gasteiger partial charge in [0.1, 0.15) is 11.3 Å². The zero-order valence-electron chi connectivity index (χ0n) is 10.1. The first-order valence-electron chi connectivity index (χ1n) is 5.68. The number of carbonyl (C=O) groups excluding carboxylic acids is 1. The molecule has 1 aromatic heterocycles. The highest BCUT2D eigenvalue weighted by atomic mass is 16.5. The normalized spacial score (nSPS) is 15.4. The lowest BCUT2D eigenvalue weighted by atomic mass is 10.0. The quantitative estimate of drug-likeness (QED) is 0.775. The lowest BCUT2D eigenvalue weighted by molar-refractivity contribution is 0.0522. The van der Waals surface area contributed by atoms with Crippen LogP contribution in [0.3, 0.4) is 0 Å². The van der Waals surface area contributed by atoms with Gasteiger partial charge in [0.25, 0.3) is 0 Å². The van der Waals surface area contributed by atoms with Crippen molar-refractivity contribution < 1.29 is 14.6 Å². The van der Waals surface area contributed by atoms with Crippen LogP contribution in [0.1, 0.15) is 28.5 Å². The van der Waals surface area contributed by atoms with E-state index < -0.39 is 5.97 Å². The Kier molecular flexibility index (Phi) is 3.28. The van der Waals surface area contributed by atoms with Crippen LogP contribution >= 0.6 is 0 Å². The average Bonchev–Trinajstić information content (AvgIpc) is 2.30. The number of hydrogen-bond acceptors (Lipinski definition) is 5. The molecule has 0 atom stereocenters. The summed E-state index contributed by atoms with van der Waals surface area (Å²) < 4.78 is 4.87. The number of aromatic hydroxyl groups is 1. The molecule has 0 bridgehead atoms. The van der Waals surface area contributed by atoms with Gasteiger partial charge in [0.05, 0.1) is 6.61 Å². The molecule has 0 aliphatic carbocycles. The van der Waals surface area contributed by atoms with Crippen molar-refractivity contribution in [2.75, 3.05) is 20.2 Å². The lowest BCUT2D eigenvalue weighted by Crippen LogP contribution is -2.27. The van der Waals surface area contributed by atoms with Crippen LogP contribution in [0.5, 0.6) is 5.75 Å². The molecule has 17 heavy (non-hydrogen) atoms. The zero-order chi connectivity index (χ0) is 12.4. The number of rotatable bonds is 2. The topological polar surface area (TPSA) is 62.7 Å². The molecule has 1 aliphatic heterocycles. The van der Waals surface area contributed by atoms with Gasteiger partial charge in [-0.1, -0.05) is 0 Å². The molecule has 5 nitrogen and oxygen atoms in total. The maximum Gasteiger partial charge on any atom is 0.343 e. The molecule has 5 heteroatoms. The monoisotopic (exact) mass is 236 g/mol. The molecule has 0 radical (unpaired) electrons. The third kappa shape index (κ3) is 2.24. The van der Waals surface area contributed by atoms with Crippen molar-refractivity contribution in [2.45, 2.75) is 19.9 Å². The Labute approximate surface area is 100 Å². The molecule has 1 aliphatic rings. The number of likely N-dealkylation sites (N-methyl/N-ethyl adjacent to an activating group) is 1. The SMILES string of the molecule is CCOC(=O)c1cnc2c(c1O)CN(C)CC2. The summed E-state index contributed by atoms with van der Waals surface area (Å²) in [6.45, 7) is 3.55. The highest BCUT2D eigenvalue weighted by Gasteiger charge is 2.23. The van der Waals surface area contributed by atoms with Gasteiger partial charge < -0.3 is 14.7 Å². The van der Waals surface area contributed by atoms with Gasteiger partial charge in [-0.05, 0) is 14.0 Å². The van der Waals surface area contributed by atoms with Gasteiger partial charge >= 0.3 is 5.97 Å². The third-order valence-electron chi connectivity index (χ3n) is 2.89. The summed E-state index contributed by atoms with van der Waals surface area (Å²) in [5, 5.41) is 10.1. The Morgan fingerprint density at radius 2 is 2.41 bits per heavy atom. The van der Waals surface area contributed by atoms with Gasteiger partial charge in [0, 0.05) is 37.0 Å². The van der Waals surface area contributed by atoms with Crippen LogP contribution in [0.25, 0.3) is 0 Å². The molecule has 0 aromatic carbocycles. The Morgan fingerprint density at radius 1 is 1.65 bits per heavy atom. The van der Waals surface area contributed by atoms with Crippen LogP contribution in [-0.2, 0) is 17.7 Å². The third-order valence-corrected chi connectivity index (χ3v) is 2.89. The van der Waals surface area contributed by atoms with Crippen LogP contribution < -0.4 is 0 Å². The second-order valence-corrected chi connectivity index (χ2v) is 4.15. The smallest absolute Gasteiger partial charge is 0.343 e. The summed E-state index contributed by atoms with van der Waals surface area (Å²) in [5.74, 6) is -0.506. The standard InChI is InChI=1S/C12H16N2O3/c1-3-17-12(16)8-6-13-10-4-5-14(2)7-9(10)11(8)15/h6H,3-5,7H2,1-2H3,(H,13,15). The lowest BCUT2D eigenvalue weighted by Gasteiger charge is -2.25. The van der Waals surface area contributed by atoms with E-state index in [1.54, 1.807) is 6.92 Å². The van der Waals surface area contributed by atoms with Crippen LogP contribution in [-0.4, -0.2) is 41.2 Å². The number of hydrogen-bond donors (Lipinski definition) is 1. The molecule has 0 amide bonds. The fourth-order valence-electron chi connectivity index (χ4n) is 1.97. The van der Waals surface area contributed by atoms with E-state index in [9.17, 15) is 9.90 Å². The van der Waals surface area contributed by atoms with Gasteiger partial charge in [-0.25, -0.2) is 4.79 Å². The average molecular weight is 236 g/mol. The predicted molar refractivity (Wildman–Crippen MR) is 61.9 cm³/mol. The van der Waals surface area contributed by atoms with Crippen molar-refractivity contribution in [3.63, 3.8) is 0 Å². The summed E-state index contributed by atoms with van der Waals surface area (Å²) in [5.41, 5.74) is 1.76. The molecule has 2 heterocycles. The van der Waals surface area contributed by atoms with E-state index in [0.29, 0.717) is 6.54 Å². The van der Waals surface area contributed by atoms with Gasteiger partial charge in [-0.15, -0.1) is 0 Å². The van der Waals surface area contributed by atoms with Gasteiger partial charge in [-0.2, -0.15) is 0 Å². The number of carbonyl (C=O) groups is 1. The van der Waals surface area contributed by atoms with E-state index in [0.717, 1.165) is 24.2 Å². The molecule has 2 rings (SSSR count). The minimum Gasteiger partial charge on any atom is -0.507 e. The zero-order valence-corrected chi connectivity index (χ0v) is 10.1. The fourth-order valence-corrected chi connectivity index (χ4v) is 1.97. The van der Waals surface area contributed by atoms with E-state index >= 15 is 0 Å². The Balaban J connectivity index is 2.38. The van der Waals surface area contributed by atoms with E-state index in [2.05, 4.69) is 9.88 Å². The Morgan fingerprint density at radius 3 is 3.12 bits per heavy atom. The molecule has 1 N–H and O–H groups in total. The predicted octanol–water partition coefficient (Wildman–Crippen LogP) is 0.952. The van der Waals surface area contributed by atoms with E-state index in [-0.39, 0.29) is 17.9 Å². The molecular formula is C12H16N2O3. The number of pyridine rings is 1. The first kappa shape index (κ1) is 11.9. The summed E-state index contributed by atoms with van der Waals surface area (Å²) in [6, 6.07) is 0. The number of fused-ring (bicyclic) bond motifs is 1. The number of nitrogens with zero attached hydrogens (tertiary/aromatic N) is 2. The maximum atomic E-state index is 11.6. The molecule has 0 fully saturated rings. The molecule has 0 spiro atoms. The molecule has 0 saturated carbocycles. The first-order chi connectivity index (χ1) is 8.13. The van der Waals surface area contributed by atoms with Gasteiger partial charge in [0.2, 0.25) is 0 Å². The number of esters is 1. The Bertz CT molecular complexity index is 446. The minimum absolute atomic E-state index is 0.0139. The van der Waals surface area contributed by atoms with Crippen molar-refractivity contribution in [1.82, 2.24) is 9.88 Å². The number of aromatic nitrogens is 1. The largest absolute Gasteiger partial charge is 0.507 e. The van der Waals surface area contributed by atoms with Crippen molar-refractivity contribution in [1.29, 1.82) is 0 Å². The summed E-state index contributed by atoms with van der Waals surface area (Å²) in [6.07, 6.45) is 2.19. The van der Waals surface area contributed by atoms with E-state index in [4.69, 9.17) is 4.74 Å². The van der Waals surface area contributed by atoms with Gasteiger partial charge in [-0.3, -0.25) is 4.98 Å². The summed E-state index contributed by atoms with van der Waals surface area (Å²) in [4.78, 5) is 17.9. The van der Waals surface area contributed by atoms with Gasteiger partial charge in [0.15, 0.2) is 0 Å². The summed E-state index contributed by atoms with van der Waals surface area (Å²) in [7, 11) is 1.97. The molecule has 1 aromatic rings. The minimum atomic E-state index is -0.520. The Hall–Kier alpha value is -1.62. The van der Waals surface area contributed by atoms with Crippen molar-refractivity contribution >= 4 is 5.97 Å². The number of ether oxygens (including phenoxy) is 1. The first-order valence-corrected chi connectivity index (χ1v) is 5.68. The van der Waals surface area contributed by atoms with Crippen LogP contribution in [0.2, 0.25) is 0 Å². The molecule has 0 saturated heterocycles. The van der Waals surface area contributed by atoms with Crippen LogP contribution in [0.15, 0.2) is 6.20 Å². The van der Waals surface area contributed by atoms with Crippen LogP contribution in [0.4, 0.5) is 0 Å². The maximum absolute atomic E-state index is 11.6. The summed E-state index contributed by atoms with van der Waals surface area (Å²) >= 11 is 0. The van der Waals surface area contributed by atoms with E-state index in [1.165, 1.54) is 6.20 Å². The molecule has 92 valence electrons. The van der Waals surface area contributed by atoms with Crippen molar-refractivity contribution in [3.05, 3.63) is 23.0 Å². The molecule has 0 unspecified atom stereocenters. The second kappa shape index (κ2) is 4.71. The molecular weight excluding hydrogens is 220 g/mol.